The molecular weight excluding hydrogens is 250 g/mol. The van der Waals surface area contributed by atoms with Crippen molar-refractivity contribution in [3.05, 3.63) is 34.9 Å². The van der Waals surface area contributed by atoms with E-state index < -0.39 is 5.60 Å². The number of carbonyl (C=O) groups is 1. The molecule has 0 amide bonds. The number of hydrogen-bond donors (Lipinski definition) is 1. The molecule has 1 atom stereocenters. The SMILES string of the molecule is CNC(C)C(=O)OC(C)(C)Cc1ccc(Cl)cc1. The molecular formula is C14H20ClNO2. The van der Waals surface area contributed by atoms with Crippen molar-refractivity contribution >= 4 is 17.6 Å². The lowest BCUT2D eigenvalue weighted by Crippen LogP contribution is -2.39. The fourth-order valence-electron chi connectivity index (χ4n) is 1.61. The van der Waals surface area contributed by atoms with Crippen LogP contribution in [0.4, 0.5) is 0 Å². The van der Waals surface area contributed by atoms with E-state index in [1.165, 1.54) is 0 Å². The zero-order chi connectivity index (χ0) is 13.8. The fraction of sp³-hybridized carbons (Fsp3) is 0.500. The zero-order valence-corrected chi connectivity index (χ0v) is 12.0. The lowest BCUT2D eigenvalue weighted by atomic mass is 9.98. The second kappa shape index (κ2) is 6.21. The Balaban J connectivity index is 2.64. The van der Waals surface area contributed by atoms with Gasteiger partial charge < -0.3 is 10.1 Å². The molecule has 1 unspecified atom stereocenters. The van der Waals surface area contributed by atoms with E-state index in [2.05, 4.69) is 5.32 Å². The van der Waals surface area contributed by atoms with Crippen molar-refractivity contribution in [2.45, 2.75) is 38.8 Å². The van der Waals surface area contributed by atoms with Crippen LogP contribution in [-0.4, -0.2) is 24.7 Å². The van der Waals surface area contributed by atoms with Crippen LogP contribution in [0.3, 0.4) is 0 Å². The molecule has 0 aliphatic heterocycles. The van der Waals surface area contributed by atoms with Gasteiger partial charge >= 0.3 is 5.97 Å². The van der Waals surface area contributed by atoms with Gasteiger partial charge in [0.2, 0.25) is 0 Å². The molecule has 1 rings (SSSR count). The summed E-state index contributed by atoms with van der Waals surface area (Å²) in [7, 11) is 1.73. The van der Waals surface area contributed by atoms with Gasteiger partial charge in [0.1, 0.15) is 11.6 Å². The lowest BCUT2D eigenvalue weighted by molar-refractivity contribution is -0.158. The Morgan fingerprint density at radius 3 is 2.44 bits per heavy atom. The molecule has 0 radical (unpaired) electrons. The molecule has 1 aromatic carbocycles. The number of benzene rings is 1. The molecule has 100 valence electrons. The van der Waals surface area contributed by atoms with Gasteiger partial charge in [0, 0.05) is 11.4 Å². The third-order valence-electron chi connectivity index (χ3n) is 2.71. The Bertz CT molecular complexity index is 401. The average molecular weight is 270 g/mol. The number of rotatable bonds is 5. The van der Waals surface area contributed by atoms with Crippen LogP contribution in [0.25, 0.3) is 0 Å². The molecule has 0 aliphatic carbocycles. The minimum Gasteiger partial charge on any atom is -0.458 e. The van der Waals surface area contributed by atoms with Gasteiger partial charge in [0.05, 0.1) is 0 Å². The molecule has 0 bridgehead atoms. The molecule has 4 heteroatoms. The van der Waals surface area contributed by atoms with Crippen molar-refractivity contribution in [2.75, 3.05) is 7.05 Å². The van der Waals surface area contributed by atoms with Crippen LogP contribution < -0.4 is 5.32 Å². The molecule has 0 aromatic heterocycles. The molecule has 0 heterocycles. The first-order valence-electron chi connectivity index (χ1n) is 5.98. The molecule has 3 nitrogen and oxygen atoms in total. The minimum absolute atomic E-state index is 0.239. The third-order valence-corrected chi connectivity index (χ3v) is 2.96. The fourth-order valence-corrected chi connectivity index (χ4v) is 1.73. The zero-order valence-electron chi connectivity index (χ0n) is 11.3. The maximum absolute atomic E-state index is 11.7. The van der Waals surface area contributed by atoms with E-state index in [1.807, 2.05) is 38.1 Å². The lowest BCUT2D eigenvalue weighted by Gasteiger charge is -2.27. The molecule has 0 fully saturated rings. The van der Waals surface area contributed by atoms with Gasteiger partial charge in [-0.1, -0.05) is 23.7 Å². The summed E-state index contributed by atoms with van der Waals surface area (Å²) in [5, 5.41) is 3.57. The van der Waals surface area contributed by atoms with Gasteiger partial charge in [0.15, 0.2) is 0 Å². The summed E-state index contributed by atoms with van der Waals surface area (Å²) in [6.45, 7) is 5.59. The van der Waals surface area contributed by atoms with E-state index in [0.717, 1.165) is 5.56 Å². The highest BCUT2D eigenvalue weighted by molar-refractivity contribution is 6.30. The van der Waals surface area contributed by atoms with Crippen molar-refractivity contribution in [3.8, 4) is 0 Å². The highest BCUT2D eigenvalue weighted by Crippen LogP contribution is 2.19. The first kappa shape index (κ1) is 15.0. The third kappa shape index (κ3) is 4.67. The monoisotopic (exact) mass is 269 g/mol. The van der Waals surface area contributed by atoms with Crippen LogP contribution in [0.5, 0.6) is 0 Å². The number of hydrogen-bond acceptors (Lipinski definition) is 3. The van der Waals surface area contributed by atoms with E-state index in [9.17, 15) is 4.79 Å². The summed E-state index contributed by atoms with van der Waals surface area (Å²) < 4.78 is 5.49. The highest BCUT2D eigenvalue weighted by Gasteiger charge is 2.25. The van der Waals surface area contributed by atoms with Gasteiger partial charge in [-0.05, 0) is 45.5 Å². The van der Waals surface area contributed by atoms with Crippen LogP contribution >= 0.6 is 11.6 Å². The van der Waals surface area contributed by atoms with Gasteiger partial charge in [-0.2, -0.15) is 0 Å². The van der Waals surface area contributed by atoms with E-state index in [4.69, 9.17) is 16.3 Å². The number of likely N-dealkylation sites (N-methyl/N-ethyl adjacent to an activating group) is 1. The summed E-state index contributed by atoms with van der Waals surface area (Å²) in [6, 6.07) is 7.27. The van der Waals surface area contributed by atoms with Crippen LogP contribution in [0.1, 0.15) is 26.3 Å². The van der Waals surface area contributed by atoms with E-state index >= 15 is 0 Å². The summed E-state index contributed by atoms with van der Waals surface area (Å²) in [5.41, 5.74) is 0.560. The van der Waals surface area contributed by atoms with Crippen molar-refractivity contribution in [1.82, 2.24) is 5.32 Å². The topological polar surface area (TPSA) is 38.3 Å². The maximum atomic E-state index is 11.7. The number of halogens is 1. The first-order valence-corrected chi connectivity index (χ1v) is 6.36. The maximum Gasteiger partial charge on any atom is 0.323 e. The van der Waals surface area contributed by atoms with Gasteiger partial charge in [-0.3, -0.25) is 4.79 Å². The van der Waals surface area contributed by atoms with Crippen molar-refractivity contribution in [1.29, 1.82) is 0 Å². The Labute approximate surface area is 113 Å². The van der Waals surface area contributed by atoms with Crippen molar-refractivity contribution < 1.29 is 9.53 Å². The number of nitrogens with one attached hydrogen (secondary N) is 1. The van der Waals surface area contributed by atoms with Gasteiger partial charge in [-0.25, -0.2) is 0 Å². The second-order valence-corrected chi connectivity index (χ2v) is 5.43. The van der Waals surface area contributed by atoms with Crippen molar-refractivity contribution in [2.24, 2.45) is 0 Å². The van der Waals surface area contributed by atoms with Gasteiger partial charge in [-0.15, -0.1) is 0 Å². The first-order chi connectivity index (χ1) is 8.34. The predicted molar refractivity (Wildman–Crippen MR) is 73.8 cm³/mol. The Morgan fingerprint density at radius 1 is 1.39 bits per heavy atom. The molecule has 1 N–H and O–H groups in total. The quantitative estimate of drug-likeness (QED) is 0.836. The van der Waals surface area contributed by atoms with E-state index in [1.54, 1.807) is 14.0 Å². The molecule has 0 saturated heterocycles. The summed E-state index contributed by atoms with van der Waals surface area (Å²) in [6.07, 6.45) is 0.659. The normalized spacial score (nSPS) is 13.2. The Kier molecular flexibility index (Phi) is 5.17. The van der Waals surface area contributed by atoms with E-state index in [-0.39, 0.29) is 12.0 Å². The standard InChI is InChI=1S/C14H20ClNO2/c1-10(16-4)13(17)18-14(2,3)9-11-5-7-12(15)8-6-11/h5-8,10,16H,9H2,1-4H3. The minimum atomic E-state index is -0.532. The average Bonchev–Trinajstić information content (AvgIpc) is 2.30. The van der Waals surface area contributed by atoms with Crippen LogP contribution in [0.15, 0.2) is 24.3 Å². The molecule has 0 aliphatic rings. The Morgan fingerprint density at radius 2 is 1.94 bits per heavy atom. The molecule has 0 spiro atoms. The summed E-state index contributed by atoms with van der Waals surface area (Å²) in [5.74, 6) is -0.239. The summed E-state index contributed by atoms with van der Waals surface area (Å²) in [4.78, 5) is 11.7. The van der Waals surface area contributed by atoms with Gasteiger partial charge in [0.25, 0.3) is 0 Å². The largest absolute Gasteiger partial charge is 0.458 e. The highest BCUT2D eigenvalue weighted by atomic mass is 35.5. The summed E-state index contributed by atoms with van der Waals surface area (Å²) >= 11 is 5.83. The smallest absolute Gasteiger partial charge is 0.323 e. The van der Waals surface area contributed by atoms with Crippen LogP contribution in [-0.2, 0) is 16.0 Å². The molecule has 1 aromatic rings. The number of ether oxygens (including phenoxy) is 1. The van der Waals surface area contributed by atoms with Crippen LogP contribution in [0, 0.1) is 0 Å². The molecule has 0 saturated carbocycles. The van der Waals surface area contributed by atoms with Crippen LogP contribution in [0.2, 0.25) is 5.02 Å². The molecule has 18 heavy (non-hydrogen) atoms. The predicted octanol–water partition coefficient (Wildman–Crippen LogP) is 2.81. The number of carbonyl (C=O) groups excluding carboxylic acids is 1. The number of esters is 1. The Hall–Kier alpha value is -1.06. The second-order valence-electron chi connectivity index (χ2n) is 4.99. The van der Waals surface area contributed by atoms with Crippen molar-refractivity contribution in [3.63, 3.8) is 0 Å². The van der Waals surface area contributed by atoms with E-state index in [0.29, 0.717) is 11.4 Å².